The Morgan fingerprint density at radius 1 is 0.333 bits per heavy atom. The van der Waals surface area contributed by atoms with E-state index in [4.69, 9.17) is 39.2 Å². The first kappa shape index (κ1) is 26.4. The highest BCUT2D eigenvalue weighted by Crippen LogP contribution is 2.42. The molecular formula is C38H19B5N2. The molecule has 0 aliphatic rings. The van der Waals surface area contributed by atoms with Gasteiger partial charge in [-0.2, -0.15) is 0 Å². The van der Waals surface area contributed by atoms with Crippen molar-refractivity contribution in [2.24, 2.45) is 0 Å². The van der Waals surface area contributed by atoms with Gasteiger partial charge in [0.25, 0.3) is 0 Å². The van der Waals surface area contributed by atoms with Gasteiger partial charge in [-0.1, -0.05) is 95.9 Å². The van der Waals surface area contributed by atoms with E-state index in [1.165, 1.54) is 21.5 Å². The predicted octanol–water partition coefficient (Wildman–Crippen LogP) is 4.16. The Morgan fingerprint density at radius 3 is 1.42 bits per heavy atom. The Bertz CT molecular complexity index is 2680. The number of nitrogens with zero attached hydrogens (tertiary/aromatic N) is 2. The van der Waals surface area contributed by atoms with Crippen molar-refractivity contribution >= 4 is 132 Å². The lowest BCUT2D eigenvalue weighted by atomic mass is 9.61. The Kier molecular flexibility index (Phi) is 5.57. The van der Waals surface area contributed by atoms with Crippen LogP contribution in [0, 0.1) is 0 Å². The Morgan fingerprint density at radius 2 is 0.800 bits per heavy atom. The van der Waals surface area contributed by atoms with Gasteiger partial charge in [-0.15, -0.1) is 16.4 Å². The maximum atomic E-state index is 6.61. The van der Waals surface area contributed by atoms with Crippen LogP contribution in [0.1, 0.15) is 0 Å². The van der Waals surface area contributed by atoms with Crippen molar-refractivity contribution in [3.8, 4) is 11.4 Å². The van der Waals surface area contributed by atoms with Gasteiger partial charge in [-0.3, -0.25) is 0 Å². The van der Waals surface area contributed by atoms with Crippen molar-refractivity contribution in [1.82, 2.24) is 9.13 Å². The molecule has 10 radical (unpaired) electrons. The summed E-state index contributed by atoms with van der Waals surface area (Å²) in [5.41, 5.74) is 7.15. The second kappa shape index (κ2) is 9.49. The second-order valence-electron chi connectivity index (χ2n) is 11.6. The summed E-state index contributed by atoms with van der Waals surface area (Å²) in [7, 11) is 32.0. The summed E-state index contributed by atoms with van der Waals surface area (Å²) in [5, 5.41) is 9.27. The van der Waals surface area contributed by atoms with E-state index in [9.17, 15) is 0 Å². The molecule has 0 fully saturated rings. The van der Waals surface area contributed by atoms with Gasteiger partial charge < -0.3 is 9.13 Å². The third kappa shape index (κ3) is 3.47. The molecule has 0 atom stereocenters. The third-order valence-corrected chi connectivity index (χ3v) is 9.37. The highest BCUT2D eigenvalue weighted by atomic mass is 15.0. The van der Waals surface area contributed by atoms with E-state index in [1.54, 1.807) is 0 Å². The fourth-order valence-corrected chi connectivity index (χ4v) is 7.32. The summed E-state index contributed by atoms with van der Waals surface area (Å²) in [4.78, 5) is 0. The van der Waals surface area contributed by atoms with Crippen molar-refractivity contribution in [2.45, 2.75) is 0 Å². The van der Waals surface area contributed by atoms with E-state index >= 15 is 0 Å². The smallest absolute Gasteiger partial charge is 0.115 e. The van der Waals surface area contributed by atoms with Gasteiger partial charge in [0.15, 0.2) is 0 Å². The minimum Gasteiger partial charge on any atom is -0.310 e. The molecule has 0 aliphatic heterocycles. The molecular weight excluding hydrogens is 538 g/mol. The summed E-state index contributed by atoms with van der Waals surface area (Å²) in [6, 6.07) is 40.7. The van der Waals surface area contributed by atoms with Crippen LogP contribution < -0.4 is 27.3 Å². The van der Waals surface area contributed by atoms with Crippen LogP contribution in [0.4, 0.5) is 0 Å². The first-order valence-electron chi connectivity index (χ1n) is 14.8. The SMILES string of the molecule is [B]c1c([B])c([B])c(-n2c3ccccc3c3c4ccc5c(c4ccc32)c2ccccc2n5-c2cccc3ccccc23)c([B])c1[B]. The number of para-hydroxylation sites is 2. The van der Waals surface area contributed by atoms with Crippen LogP contribution in [0.25, 0.3) is 76.5 Å². The van der Waals surface area contributed by atoms with Crippen LogP contribution in [-0.2, 0) is 0 Å². The Balaban J connectivity index is 1.45. The molecule has 0 N–H and O–H groups in total. The van der Waals surface area contributed by atoms with Gasteiger partial charge in [-0.05, 0) is 46.5 Å². The van der Waals surface area contributed by atoms with Gasteiger partial charge in [0, 0.05) is 32.6 Å². The van der Waals surface area contributed by atoms with Crippen molar-refractivity contribution in [2.75, 3.05) is 0 Å². The van der Waals surface area contributed by atoms with Crippen LogP contribution >= 0.6 is 0 Å². The van der Waals surface area contributed by atoms with Gasteiger partial charge in [0.2, 0.25) is 0 Å². The first-order chi connectivity index (χ1) is 22.0. The molecule has 196 valence electrons. The van der Waals surface area contributed by atoms with Crippen molar-refractivity contribution in [3.63, 3.8) is 0 Å². The van der Waals surface area contributed by atoms with E-state index < -0.39 is 0 Å². The molecule has 2 aromatic heterocycles. The highest BCUT2D eigenvalue weighted by Gasteiger charge is 2.21. The number of hydrogen-bond acceptors (Lipinski definition) is 0. The van der Waals surface area contributed by atoms with Gasteiger partial charge in [0.1, 0.15) is 39.2 Å². The molecule has 7 aromatic carbocycles. The zero-order valence-electron chi connectivity index (χ0n) is 24.3. The molecule has 0 unspecified atom stereocenters. The fourth-order valence-electron chi connectivity index (χ4n) is 7.32. The topological polar surface area (TPSA) is 9.86 Å². The lowest BCUT2D eigenvalue weighted by molar-refractivity contribution is 1.20. The van der Waals surface area contributed by atoms with E-state index in [0.717, 1.165) is 49.3 Å². The van der Waals surface area contributed by atoms with Crippen molar-refractivity contribution in [3.05, 3.63) is 115 Å². The number of fused-ring (bicyclic) bond motifs is 10. The van der Waals surface area contributed by atoms with Crippen LogP contribution in [0.15, 0.2) is 115 Å². The lowest BCUT2D eigenvalue weighted by Gasteiger charge is -2.23. The number of aromatic nitrogens is 2. The molecule has 9 rings (SSSR count). The molecule has 0 saturated heterocycles. The molecule has 2 heterocycles. The third-order valence-electron chi connectivity index (χ3n) is 9.37. The Hall–Kier alpha value is -5.02. The van der Waals surface area contributed by atoms with E-state index in [2.05, 4.69) is 112 Å². The fraction of sp³-hybridized carbons (Fsp3) is 0. The number of benzene rings is 7. The lowest BCUT2D eigenvalue weighted by Crippen LogP contribution is -2.56. The van der Waals surface area contributed by atoms with Gasteiger partial charge >= 0.3 is 0 Å². The van der Waals surface area contributed by atoms with Crippen LogP contribution in [0.2, 0.25) is 0 Å². The number of rotatable bonds is 2. The van der Waals surface area contributed by atoms with Gasteiger partial charge in [0.05, 0.1) is 27.8 Å². The van der Waals surface area contributed by atoms with Crippen LogP contribution in [-0.4, -0.2) is 48.4 Å². The standard InChI is InChI=1S/C38H19B5N2/c39-33-34(40)36(42)38(37(43)35(33)41)45-28-14-6-4-12-25(28)32-23-16-18-29-31(22(23)17-19-30(32)45)24-11-3-5-13-27(24)44(29)26-15-7-9-20-8-1-2-10-21(20)26/h1-19H. The van der Waals surface area contributed by atoms with E-state index in [0.29, 0.717) is 16.6 Å². The second-order valence-corrected chi connectivity index (χ2v) is 11.6. The van der Waals surface area contributed by atoms with Gasteiger partial charge in [-0.25, -0.2) is 0 Å². The van der Waals surface area contributed by atoms with E-state index in [-0.39, 0.29) is 16.4 Å². The van der Waals surface area contributed by atoms with Crippen LogP contribution in [0.5, 0.6) is 0 Å². The van der Waals surface area contributed by atoms with E-state index in [1.807, 2.05) is 12.1 Å². The largest absolute Gasteiger partial charge is 0.310 e. The first-order valence-corrected chi connectivity index (χ1v) is 14.8. The zero-order chi connectivity index (χ0) is 30.6. The normalized spacial score (nSPS) is 12.0. The minimum atomic E-state index is 0.199. The predicted molar refractivity (Wildman–Crippen MR) is 197 cm³/mol. The summed E-state index contributed by atoms with van der Waals surface area (Å²) in [6.07, 6.45) is 0. The maximum absolute atomic E-state index is 6.61. The quantitative estimate of drug-likeness (QED) is 0.283. The monoisotopic (exact) mass is 558 g/mol. The molecule has 0 spiro atoms. The molecule has 0 aliphatic carbocycles. The summed E-state index contributed by atoms with van der Waals surface area (Å²) in [6.45, 7) is 0. The molecule has 0 amide bonds. The molecule has 2 nitrogen and oxygen atoms in total. The summed E-state index contributed by atoms with van der Waals surface area (Å²) in [5.74, 6) is 0. The number of hydrogen-bond donors (Lipinski definition) is 0. The Labute approximate surface area is 266 Å². The maximum Gasteiger partial charge on any atom is 0.115 e. The molecule has 0 saturated carbocycles. The average Bonchev–Trinajstić information content (AvgIpc) is 3.59. The minimum absolute atomic E-state index is 0.199. The zero-order valence-corrected chi connectivity index (χ0v) is 24.3. The summed E-state index contributed by atoms with van der Waals surface area (Å²) >= 11 is 0. The highest BCUT2D eigenvalue weighted by molar-refractivity contribution is 6.68. The summed E-state index contributed by atoms with van der Waals surface area (Å²) < 4.78 is 4.45. The molecule has 0 bridgehead atoms. The van der Waals surface area contributed by atoms with Crippen molar-refractivity contribution in [1.29, 1.82) is 0 Å². The van der Waals surface area contributed by atoms with Crippen molar-refractivity contribution < 1.29 is 0 Å². The molecule has 45 heavy (non-hydrogen) atoms. The van der Waals surface area contributed by atoms with Crippen LogP contribution in [0.3, 0.4) is 0 Å². The molecule has 9 aromatic rings. The average molecular weight is 558 g/mol. The molecule has 7 heteroatoms.